The SMILES string of the molecule is BC(C(=O)OC)c1ccc(OC)cc1. The second-order valence-corrected chi connectivity index (χ2v) is 3.02. The molecule has 0 saturated carbocycles. The number of carbonyl (C=O) groups excluding carboxylic acids is 1. The number of ether oxygens (including phenoxy) is 2. The Morgan fingerprint density at radius 3 is 2.29 bits per heavy atom. The van der Waals surface area contributed by atoms with E-state index in [1.807, 2.05) is 32.1 Å². The summed E-state index contributed by atoms with van der Waals surface area (Å²) in [4.78, 5) is 11.2. The quantitative estimate of drug-likeness (QED) is 0.518. The van der Waals surface area contributed by atoms with E-state index in [-0.39, 0.29) is 11.8 Å². The molecule has 0 radical (unpaired) electrons. The largest absolute Gasteiger partial charge is 0.497 e. The molecular weight excluding hydrogens is 179 g/mol. The molecule has 0 N–H and O–H groups in total. The average Bonchev–Trinajstić information content (AvgIpc) is 2.27. The molecule has 0 aromatic heterocycles. The highest BCUT2D eigenvalue weighted by Crippen LogP contribution is 2.17. The second kappa shape index (κ2) is 4.70. The summed E-state index contributed by atoms with van der Waals surface area (Å²) in [6.07, 6.45) is 0. The minimum atomic E-state index is -0.231. The number of rotatable bonds is 3. The van der Waals surface area contributed by atoms with Crippen LogP contribution in [0.15, 0.2) is 24.3 Å². The van der Waals surface area contributed by atoms with E-state index in [4.69, 9.17) is 4.74 Å². The summed E-state index contributed by atoms with van der Waals surface area (Å²) in [7, 11) is 4.81. The fourth-order valence-electron chi connectivity index (χ4n) is 1.21. The van der Waals surface area contributed by atoms with Gasteiger partial charge in [-0.15, -0.1) is 0 Å². The van der Waals surface area contributed by atoms with Crippen LogP contribution in [0.5, 0.6) is 5.75 Å². The number of benzene rings is 1. The summed E-state index contributed by atoms with van der Waals surface area (Å²) >= 11 is 0. The van der Waals surface area contributed by atoms with Crippen LogP contribution in [0.3, 0.4) is 0 Å². The zero-order valence-corrected chi connectivity index (χ0v) is 8.61. The van der Waals surface area contributed by atoms with Crippen molar-refractivity contribution in [3.63, 3.8) is 0 Å². The molecule has 14 heavy (non-hydrogen) atoms. The molecule has 0 aliphatic heterocycles. The Balaban J connectivity index is 2.81. The summed E-state index contributed by atoms with van der Waals surface area (Å²) in [5.41, 5.74) is 0.928. The molecular formula is C10H13BO3. The van der Waals surface area contributed by atoms with E-state index in [2.05, 4.69) is 4.74 Å². The van der Waals surface area contributed by atoms with Gasteiger partial charge in [0.1, 0.15) is 13.6 Å². The van der Waals surface area contributed by atoms with Gasteiger partial charge in [0.15, 0.2) is 0 Å². The predicted octanol–water partition coefficient (Wildman–Crippen LogP) is 0.542. The van der Waals surface area contributed by atoms with Gasteiger partial charge in [-0.05, 0) is 17.7 Å². The van der Waals surface area contributed by atoms with Gasteiger partial charge in [-0.1, -0.05) is 12.1 Å². The molecule has 1 rings (SSSR count). The lowest BCUT2D eigenvalue weighted by atomic mass is 9.81. The molecule has 0 heterocycles. The van der Waals surface area contributed by atoms with Crippen molar-refractivity contribution in [1.29, 1.82) is 0 Å². The molecule has 0 amide bonds. The highest BCUT2D eigenvalue weighted by Gasteiger charge is 2.14. The van der Waals surface area contributed by atoms with Crippen molar-refractivity contribution in [2.45, 2.75) is 5.82 Å². The monoisotopic (exact) mass is 192 g/mol. The molecule has 0 bridgehead atoms. The van der Waals surface area contributed by atoms with Crippen molar-refractivity contribution in [1.82, 2.24) is 0 Å². The van der Waals surface area contributed by atoms with E-state index in [1.54, 1.807) is 7.11 Å². The van der Waals surface area contributed by atoms with Crippen LogP contribution in [0.1, 0.15) is 11.4 Å². The first-order valence-electron chi connectivity index (χ1n) is 4.40. The van der Waals surface area contributed by atoms with Gasteiger partial charge in [-0.3, -0.25) is 4.79 Å². The fraction of sp³-hybridized carbons (Fsp3) is 0.300. The first kappa shape index (κ1) is 10.6. The number of hydrogen-bond donors (Lipinski definition) is 0. The van der Waals surface area contributed by atoms with Gasteiger partial charge >= 0.3 is 5.97 Å². The van der Waals surface area contributed by atoms with Crippen molar-refractivity contribution in [3.05, 3.63) is 29.8 Å². The molecule has 3 nitrogen and oxygen atoms in total. The van der Waals surface area contributed by atoms with Crippen LogP contribution in [0, 0.1) is 0 Å². The lowest BCUT2D eigenvalue weighted by Crippen LogP contribution is -2.13. The van der Waals surface area contributed by atoms with E-state index in [1.165, 1.54) is 7.11 Å². The third-order valence-electron chi connectivity index (χ3n) is 2.17. The molecule has 1 aromatic rings. The lowest BCUT2D eigenvalue weighted by Gasteiger charge is -2.09. The van der Waals surface area contributed by atoms with Gasteiger partial charge in [-0.25, -0.2) is 0 Å². The van der Waals surface area contributed by atoms with E-state index in [0.717, 1.165) is 11.3 Å². The molecule has 0 fully saturated rings. The van der Waals surface area contributed by atoms with E-state index < -0.39 is 0 Å². The van der Waals surface area contributed by atoms with Crippen LogP contribution in [-0.4, -0.2) is 28.0 Å². The molecule has 0 aliphatic carbocycles. The molecule has 1 unspecified atom stereocenters. The first-order chi connectivity index (χ1) is 6.69. The summed E-state index contributed by atoms with van der Waals surface area (Å²) in [6, 6.07) is 7.38. The number of hydrogen-bond acceptors (Lipinski definition) is 3. The highest BCUT2D eigenvalue weighted by atomic mass is 16.5. The Labute approximate surface area is 84.4 Å². The Hall–Kier alpha value is -1.45. The predicted molar refractivity (Wildman–Crippen MR) is 56.3 cm³/mol. The summed E-state index contributed by atoms with van der Waals surface area (Å²) in [5.74, 6) is 0.326. The molecule has 0 spiro atoms. The Kier molecular flexibility index (Phi) is 3.57. The van der Waals surface area contributed by atoms with Gasteiger partial charge in [0.2, 0.25) is 0 Å². The third-order valence-corrected chi connectivity index (χ3v) is 2.17. The van der Waals surface area contributed by atoms with Gasteiger partial charge < -0.3 is 9.47 Å². The number of carbonyl (C=O) groups is 1. The van der Waals surface area contributed by atoms with Crippen LogP contribution in [0.4, 0.5) is 0 Å². The Morgan fingerprint density at radius 2 is 1.86 bits per heavy atom. The van der Waals surface area contributed by atoms with Crippen LogP contribution < -0.4 is 4.74 Å². The van der Waals surface area contributed by atoms with Crippen LogP contribution in [-0.2, 0) is 9.53 Å². The van der Waals surface area contributed by atoms with Crippen molar-refractivity contribution in [2.24, 2.45) is 0 Å². The maximum absolute atomic E-state index is 11.2. The van der Waals surface area contributed by atoms with Crippen molar-refractivity contribution in [2.75, 3.05) is 14.2 Å². The maximum atomic E-state index is 11.2. The van der Waals surface area contributed by atoms with Crippen molar-refractivity contribution >= 4 is 13.8 Å². The minimum Gasteiger partial charge on any atom is -0.497 e. The first-order valence-corrected chi connectivity index (χ1v) is 4.40. The van der Waals surface area contributed by atoms with Crippen LogP contribution >= 0.6 is 0 Å². The number of esters is 1. The van der Waals surface area contributed by atoms with Crippen LogP contribution in [0.2, 0.25) is 0 Å². The normalized spacial score (nSPS) is 11.9. The summed E-state index contributed by atoms with van der Waals surface area (Å²) in [5, 5.41) is 0. The summed E-state index contributed by atoms with van der Waals surface area (Å²) in [6.45, 7) is 0. The van der Waals surface area contributed by atoms with E-state index >= 15 is 0 Å². The van der Waals surface area contributed by atoms with Gasteiger partial charge in [0, 0.05) is 0 Å². The zero-order chi connectivity index (χ0) is 10.6. The van der Waals surface area contributed by atoms with Crippen molar-refractivity contribution in [3.8, 4) is 5.75 Å². The molecule has 1 atom stereocenters. The molecule has 0 saturated heterocycles. The highest BCUT2D eigenvalue weighted by molar-refractivity contribution is 6.23. The Bertz CT molecular complexity index is 308. The molecule has 74 valence electrons. The van der Waals surface area contributed by atoms with Crippen LogP contribution in [0.25, 0.3) is 0 Å². The molecule has 1 aromatic carbocycles. The smallest absolute Gasteiger partial charge is 0.304 e. The third kappa shape index (κ3) is 2.28. The van der Waals surface area contributed by atoms with E-state index in [9.17, 15) is 4.79 Å². The molecule has 4 heteroatoms. The topological polar surface area (TPSA) is 35.5 Å². The van der Waals surface area contributed by atoms with Crippen molar-refractivity contribution < 1.29 is 14.3 Å². The van der Waals surface area contributed by atoms with Gasteiger partial charge in [0.05, 0.1) is 20.0 Å². The van der Waals surface area contributed by atoms with E-state index in [0.29, 0.717) is 0 Å². The average molecular weight is 192 g/mol. The molecule has 0 aliphatic rings. The second-order valence-electron chi connectivity index (χ2n) is 3.02. The van der Waals surface area contributed by atoms with Gasteiger partial charge in [0.25, 0.3) is 0 Å². The van der Waals surface area contributed by atoms with Gasteiger partial charge in [-0.2, -0.15) is 0 Å². The minimum absolute atomic E-state index is 0.227. The lowest BCUT2D eigenvalue weighted by molar-refractivity contribution is -0.140. The fourth-order valence-corrected chi connectivity index (χ4v) is 1.21. The number of methoxy groups -OCH3 is 2. The zero-order valence-electron chi connectivity index (χ0n) is 8.61. The maximum Gasteiger partial charge on any atom is 0.304 e. The summed E-state index contributed by atoms with van der Waals surface area (Å²) < 4.78 is 9.67. The standard InChI is InChI=1S/C10H13BO3/c1-13-8-5-3-7(4-6-8)9(11)10(12)14-2/h3-6,9H,11H2,1-2H3. The Morgan fingerprint density at radius 1 is 1.29 bits per heavy atom.